The van der Waals surface area contributed by atoms with Crippen LogP contribution >= 0.6 is 0 Å². The second kappa shape index (κ2) is 7.54. The summed E-state index contributed by atoms with van der Waals surface area (Å²) >= 11 is 0. The quantitative estimate of drug-likeness (QED) is 0.922. The molecule has 2 rings (SSSR count). The van der Waals surface area contributed by atoms with Crippen LogP contribution in [0.5, 0.6) is 0 Å². The Hall–Kier alpha value is -2.69. The first kappa shape index (κ1) is 16.7. The average molecular weight is 314 g/mol. The zero-order valence-corrected chi connectivity index (χ0v) is 13.1. The van der Waals surface area contributed by atoms with Crippen LogP contribution in [-0.4, -0.2) is 29.8 Å². The summed E-state index contributed by atoms with van der Waals surface area (Å²) < 4.78 is 13.6. The Bertz CT molecular complexity index is 688. The Labute approximate surface area is 134 Å². The van der Waals surface area contributed by atoms with Crippen LogP contribution in [0.1, 0.15) is 22.8 Å². The predicted molar refractivity (Wildman–Crippen MR) is 86.2 cm³/mol. The summed E-state index contributed by atoms with van der Waals surface area (Å²) in [6, 6.07) is 14.3. The normalized spacial score (nSPS) is 11.6. The maximum Gasteiger partial charge on any atom is 0.251 e. The number of rotatable bonds is 5. The number of hydrogen-bond acceptors (Lipinski definition) is 2. The van der Waals surface area contributed by atoms with E-state index in [0.29, 0.717) is 11.1 Å². The first-order valence-corrected chi connectivity index (χ1v) is 7.33. The maximum absolute atomic E-state index is 13.6. The third kappa shape index (κ3) is 4.39. The molecule has 2 amide bonds. The molecule has 120 valence electrons. The van der Waals surface area contributed by atoms with Crippen LogP contribution in [0.4, 0.5) is 4.39 Å². The van der Waals surface area contributed by atoms with E-state index in [2.05, 4.69) is 5.32 Å². The number of benzene rings is 2. The SMILES string of the molecule is CC(NC(=O)c1ccccc1)C(=O)N(C)Cc1ccccc1F. The van der Waals surface area contributed by atoms with E-state index in [9.17, 15) is 14.0 Å². The van der Waals surface area contributed by atoms with Gasteiger partial charge in [-0.25, -0.2) is 4.39 Å². The van der Waals surface area contributed by atoms with Crippen LogP contribution in [0, 0.1) is 5.82 Å². The Kier molecular flexibility index (Phi) is 5.46. The lowest BCUT2D eigenvalue weighted by molar-refractivity contribution is -0.132. The molecule has 1 N–H and O–H groups in total. The molecule has 5 heteroatoms. The number of nitrogens with zero attached hydrogens (tertiary/aromatic N) is 1. The Balaban J connectivity index is 1.96. The van der Waals surface area contributed by atoms with Crippen LogP contribution in [0.3, 0.4) is 0 Å². The topological polar surface area (TPSA) is 49.4 Å². The van der Waals surface area contributed by atoms with Gasteiger partial charge in [-0.2, -0.15) is 0 Å². The van der Waals surface area contributed by atoms with E-state index in [1.54, 1.807) is 56.4 Å². The zero-order chi connectivity index (χ0) is 16.8. The molecule has 0 saturated carbocycles. The minimum Gasteiger partial charge on any atom is -0.341 e. The van der Waals surface area contributed by atoms with E-state index < -0.39 is 6.04 Å². The smallest absolute Gasteiger partial charge is 0.251 e. The lowest BCUT2D eigenvalue weighted by Crippen LogP contribution is -2.45. The highest BCUT2D eigenvalue weighted by Gasteiger charge is 2.20. The van der Waals surface area contributed by atoms with E-state index in [-0.39, 0.29) is 24.2 Å². The molecule has 1 unspecified atom stereocenters. The van der Waals surface area contributed by atoms with Gasteiger partial charge in [-0.1, -0.05) is 36.4 Å². The molecule has 0 saturated heterocycles. The molecule has 0 spiro atoms. The molecule has 2 aromatic rings. The lowest BCUT2D eigenvalue weighted by atomic mass is 10.1. The van der Waals surface area contributed by atoms with Crippen molar-refractivity contribution in [2.45, 2.75) is 19.5 Å². The number of hydrogen-bond donors (Lipinski definition) is 1. The second-order valence-electron chi connectivity index (χ2n) is 5.35. The molecule has 23 heavy (non-hydrogen) atoms. The zero-order valence-electron chi connectivity index (χ0n) is 13.1. The first-order chi connectivity index (χ1) is 11.0. The van der Waals surface area contributed by atoms with Gasteiger partial charge in [0, 0.05) is 24.7 Å². The molecule has 4 nitrogen and oxygen atoms in total. The highest BCUT2D eigenvalue weighted by Crippen LogP contribution is 2.10. The second-order valence-corrected chi connectivity index (χ2v) is 5.35. The van der Waals surface area contributed by atoms with Gasteiger partial charge in [0.25, 0.3) is 5.91 Å². The van der Waals surface area contributed by atoms with Crippen LogP contribution in [0.15, 0.2) is 54.6 Å². The van der Waals surface area contributed by atoms with Gasteiger partial charge in [0.15, 0.2) is 0 Å². The van der Waals surface area contributed by atoms with Gasteiger partial charge in [-0.3, -0.25) is 9.59 Å². The molecule has 0 fully saturated rings. The summed E-state index contributed by atoms with van der Waals surface area (Å²) in [5, 5.41) is 2.65. The van der Waals surface area contributed by atoms with E-state index in [1.165, 1.54) is 11.0 Å². The van der Waals surface area contributed by atoms with E-state index >= 15 is 0 Å². The van der Waals surface area contributed by atoms with Crippen LogP contribution in [0.2, 0.25) is 0 Å². The molecule has 2 aromatic carbocycles. The molecular weight excluding hydrogens is 295 g/mol. The number of amides is 2. The van der Waals surface area contributed by atoms with Crippen molar-refractivity contribution >= 4 is 11.8 Å². The molecule has 0 heterocycles. The number of likely N-dealkylation sites (N-methyl/N-ethyl adjacent to an activating group) is 1. The highest BCUT2D eigenvalue weighted by atomic mass is 19.1. The summed E-state index contributed by atoms with van der Waals surface area (Å²) in [7, 11) is 1.58. The van der Waals surface area contributed by atoms with E-state index in [4.69, 9.17) is 0 Å². The van der Waals surface area contributed by atoms with Gasteiger partial charge in [0.05, 0.1) is 0 Å². The fourth-order valence-corrected chi connectivity index (χ4v) is 2.22. The van der Waals surface area contributed by atoms with Crippen molar-refractivity contribution in [3.05, 3.63) is 71.5 Å². The van der Waals surface area contributed by atoms with Gasteiger partial charge >= 0.3 is 0 Å². The Morgan fingerprint density at radius 1 is 1.09 bits per heavy atom. The highest BCUT2D eigenvalue weighted by molar-refractivity contribution is 5.97. The number of carbonyl (C=O) groups excluding carboxylic acids is 2. The third-order valence-electron chi connectivity index (χ3n) is 3.50. The minimum atomic E-state index is -0.695. The largest absolute Gasteiger partial charge is 0.341 e. The number of nitrogens with one attached hydrogen (secondary N) is 1. The minimum absolute atomic E-state index is 0.150. The summed E-state index contributed by atoms with van der Waals surface area (Å²) in [4.78, 5) is 25.8. The fourth-order valence-electron chi connectivity index (χ4n) is 2.22. The summed E-state index contributed by atoms with van der Waals surface area (Å²) in [5.41, 5.74) is 0.925. The van der Waals surface area contributed by atoms with Gasteiger partial charge in [0.1, 0.15) is 11.9 Å². The van der Waals surface area contributed by atoms with Gasteiger partial charge < -0.3 is 10.2 Å². The summed E-state index contributed by atoms with van der Waals surface area (Å²) in [6.07, 6.45) is 0. The molecule has 1 atom stereocenters. The maximum atomic E-state index is 13.6. The van der Waals surface area contributed by atoms with Crippen molar-refractivity contribution in [3.8, 4) is 0 Å². The Morgan fingerprint density at radius 3 is 2.35 bits per heavy atom. The number of carbonyl (C=O) groups is 2. The first-order valence-electron chi connectivity index (χ1n) is 7.33. The summed E-state index contributed by atoms with van der Waals surface area (Å²) in [6.45, 7) is 1.76. The molecule has 0 aliphatic carbocycles. The lowest BCUT2D eigenvalue weighted by Gasteiger charge is -2.22. The van der Waals surface area contributed by atoms with Crippen molar-refractivity contribution < 1.29 is 14.0 Å². The molecule has 0 aliphatic heterocycles. The van der Waals surface area contributed by atoms with Crippen LogP contribution < -0.4 is 5.32 Å². The van der Waals surface area contributed by atoms with Gasteiger partial charge in [-0.05, 0) is 25.1 Å². The molecule has 0 aromatic heterocycles. The van der Waals surface area contributed by atoms with Crippen molar-refractivity contribution in [1.29, 1.82) is 0 Å². The van der Waals surface area contributed by atoms with Gasteiger partial charge in [-0.15, -0.1) is 0 Å². The number of halogens is 1. The van der Waals surface area contributed by atoms with Gasteiger partial charge in [0.2, 0.25) is 5.91 Å². The predicted octanol–water partition coefficient (Wildman–Crippen LogP) is 2.60. The molecular formula is C18H19FN2O2. The van der Waals surface area contributed by atoms with Crippen molar-refractivity contribution in [2.75, 3.05) is 7.05 Å². The van der Waals surface area contributed by atoms with Crippen LogP contribution in [-0.2, 0) is 11.3 Å². The molecule has 0 radical (unpaired) electrons. The monoisotopic (exact) mass is 314 g/mol. The standard InChI is InChI=1S/C18H19FN2O2/c1-13(20-17(22)14-8-4-3-5-9-14)18(23)21(2)12-15-10-6-7-11-16(15)19/h3-11,13H,12H2,1-2H3,(H,20,22). The van der Waals surface area contributed by atoms with Crippen molar-refractivity contribution in [2.24, 2.45) is 0 Å². The van der Waals surface area contributed by atoms with E-state index in [0.717, 1.165) is 0 Å². The molecule has 0 bridgehead atoms. The fraction of sp³-hybridized carbons (Fsp3) is 0.222. The Morgan fingerprint density at radius 2 is 1.70 bits per heavy atom. The third-order valence-corrected chi connectivity index (χ3v) is 3.50. The molecule has 0 aliphatic rings. The summed E-state index contributed by atoms with van der Waals surface area (Å²) in [5.74, 6) is -0.948. The van der Waals surface area contributed by atoms with Crippen molar-refractivity contribution in [3.63, 3.8) is 0 Å². The van der Waals surface area contributed by atoms with E-state index in [1.807, 2.05) is 6.07 Å². The van der Waals surface area contributed by atoms with Crippen LogP contribution in [0.25, 0.3) is 0 Å². The van der Waals surface area contributed by atoms with Crippen molar-refractivity contribution in [1.82, 2.24) is 10.2 Å². The average Bonchev–Trinajstić information content (AvgIpc) is 2.56.